The zero-order chi connectivity index (χ0) is 32.2. The summed E-state index contributed by atoms with van der Waals surface area (Å²) >= 11 is 0. The van der Waals surface area contributed by atoms with Crippen LogP contribution < -0.4 is 0 Å². The zero-order valence-electron chi connectivity index (χ0n) is 24.4. The van der Waals surface area contributed by atoms with Crippen LogP contribution in [0.2, 0.25) is 0 Å². The number of hydrogen-bond donors (Lipinski definition) is 1. The number of halogens is 7. The predicted octanol–water partition coefficient (Wildman–Crippen LogP) is 8.84. The molecule has 0 aliphatic carbocycles. The summed E-state index contributed by atoms with van der Waals surface area (Å²) in [7, 11) is 0. The fourth-order valence-electron chi connectivity index (χ4n) is 6.05. The van der Waals surface area contributed by atoms with Crippen molar-refractivity contribution in [3.8, 4) is 0 Å². The van der Waals surface area contributed by atoms with Gasteiger partial charge in [0.25, 0.3) is 0 Å². The van der Waals surface area contributed by atoms with Crippen LogP contribution in [0.1, 0.15) is 46.8 Å². The highest BCUT2D eigenvalue weighted by Crippen LogP contribution is 2.46. The highest BCUT2D eigenvalue weighted by molar-refractivity contribution is 5.35. The number of hydrogen-bond acceptors (Lipinski definition) is 3. The van der Waals surface area contributed by atoms with Crippen molar-refractivity contribution in [3.05, 3.63) is 131 Å². The monoisotopic (exact) mass is 634 g/mol. The Labute approximate surface area is 256 Å². The first kappa shape index (κ1) is 32.7. The number of alkyl halides is 6. The molecule has 240 valence electrons. The molecule has 3 heterocycles. The first-order valence-electron chi connectivity index (χ1n) is 14.5. The van der Waals surface area contributed by atoms with Crippen molar-refractivity contribution in [3.63, 3.8) is 0 Å². The largest absolute Gasteiger partial charge is 0.416 e. The van der Waals surface area contributed by atoms with Gasteiger partial charge in [-0.2, -0.15) is 26.3 Å². The topological polar surface area (TPSA) is 37.5 Å². The fourth-order valence-corrected chi connectivity index (χ4v) is 6.05. The van der Waals surface area contributed by atoms with Gasteiger partial charge in [-0.3, -0.25) is 4.90 Å². The molecule has 0 spiro atoms. The molecule has 0 unspecified atom stereocenters. The molecule has 6 rings (SSSR count). The van der Waals surface area contributed by atoms with Crippen molar-refractivity contribution in [2.24, 2.45) is 11.8 Å². The minimum Gasteiger partial charge on any atom is -0.368 e. The molecule has 1 N–H and O–H groups in total. The summed E-state index contributed by atoms with van der Waals surface area (Å²) < 4.78 is 107. The number of ether oxygens (including phenoxy) is 2. The van der Waals surface area contributed by atoms with Crippen LogP contribution in [0, 0.1) is 17.7 Å². The minimum atomic E-state index is -4.97. The number of fused-ring (bicyclic) bond motifs is 1. The van der Waals surface area contributed by atoms with Crippen molar-refractivity contribution >= 4 is 0 Å². The van der Waals surface area contributed by atoms with E-state index in [2.05, 4.69) is 9.88 Å². The number of rotatable bonds is 6. The van der Waals surface area contributed by atoms with Gasteiger partial charge in [-0.1, -0.05) is 42.5 Å². The van der Waals surface area contributed by atoms with E-state index < -0.39 is 47.6 Å². The van der Waals surface area contributed by atoms with E-state index in [1.165, 1.54) is 19.1 Å². The highest BCUT2D eigenvalue weighted by atomic mass is 19.4. The minimum absolute atomic E-state index is 0.0207. The van der Waals surface area contributed by atoms with E-state index in [0.717, 1.165) is 24.2 Å². The summed E-state index contributed by atoms with van der Waals surface area (Å²) in [6.45, 7) is 3.88. The molecule has 4 aromatic rings. The molecular formula is C34H33F7N2O2. The molecule has 1 aromatic heterocycles. The summed E-state index contributed by atoms with van der Waals surface area (Å²) in [4.78, 5) is 5.15. The third kappa shape index (κ3) is 8.33. The summed E-state index contributed by atoms with van der Waals surface area (Å²) in [5.74, 6) is -0.689. The molecule has 2 aliphatic heterocycles. The highest BCUT2D eigenvalue weighted by Gasteiger charge is 2.47. The SMILES string of the molecule is C[C@@H](O[C@H]1OC[C@@H]2CN(Cc3ccccc3)C[C@H]2[C@@H]1c1ccc(F)cc1)c1cc(C(F)(F)F)cc(C(F)(F)F)c1.c1cc[nH]c1. The Hall–Kier alpha value is -3.67. The Morgan fingerprint density at radius 2 is 1.47 bits per heavy atom. The first-order valence-corrected chi connectivity index (χ1v) is 14.5. The van der Waals surface area contributed by atoms with Gasteiger partial charge < -0.3 is 14.5 Å². The second-order valence-corrected chi connectivity index (χ2v) is 11.4. The van der Waals surface area contributed by atoms with Gasteiger partial charge in [0.05, 0.1) is 23.8 Å². The van der Waals surface area contributed by atoms with Gasteiger partial charge in [0.15, 0.2) is 6.29 Å². The van der Waals surface area contributed by atoms with Gasteiger partial charge in [-0.05, 0) is 77.9 Å². The van der Waals surface area contributed by atoms with E-state index in [-0.39, 0.29) is 23.5 Å². The van der Waals surface area contributed by atoms with Gasteiger partial charge in [0.2, 0.25) is 0 Å². The molecule has 4 nitrogen and oxygen atoms in total. The van der Waals surface area contributed by atoms with E-state index in [0.29, 0.717) is 25.3 Å². The molecule has 0 bridgehead atoms. The number of aromatic amines is 1. The summed E-state index contributed by atoms with van der Waals surface area (Å²) in [5.41, 5.74) is -1.19. The summed E-state index contributed by atoms with van der Waals surface area (Å²) in [6, 6.07) is 21.2. The third-order valence-electron chi connectivity index (χ3n) is 8.21. The molecule has 2 saturated heterocycles. The van der Waals surface area contributed by atoms with Crippen LogP contribution in [0.25, 0.3) is 0 Å². The van der Waals surface area contributed by atoms with Crippen LogP contribution in [-0.2, 0) is 28.4 Å². The second-order valence-electron chi connectivity index (χ2n) is 11.4. The van der Waals surface area contributed by atoms with E-state index in [4.69, 9.17) is 9.47 Å². The van der Waals surface area contributed by atoms with Crippen LogP contribution in [-0.4, -0.2) is 35.9 Å². The smallest absolute Gasteiger partial charge is 0.368 e. The second kappa shape index (κ2) is 13.8. The van der Waals surface area contributed by atoms with Crippen molar-refractivity contribution in [1.29, 1.82) is 0 Å². The van der Waals surface area contributed by atoms with Crippen molar-refractivity contribution < 1.29 is 40.2 Å². The fraction of sp³-hybridized carbons (Fsp3) is 0.353. The molecule has 2 fully saturated rings. The molecule has 0 amide bonds. The van der Waals surface area contributed by atoms with Gasteiger partial charge in [0, 0.05) is 37.9 Å². The van der Waals surface area contributed by atoms with E-state index in [1.807, 2.05) is 54.9 Å². The average Bonchev–Trinajstić information content (AvgIpc) is 3.71. The van der Waals surface area contributed by atoms with Crippen molar-refractivity contribution in [2.75, 3.05) is 19.7 Å². The van der Waals surface area contributed by atoms with E-state index >= 15 is 0 Å². The number of H-pyrrole nitrogens is 1. The van der Waals surface area contributed by atoms with Gasteiger partial charge >= 0.3 is 12.4 Å². The molecule has 45 heavy (non-hydrogen) atoms. The quantitative estimate of drug-likeness (QED) is 0.216. The summed E-state index contributed by atoms with van der Waals surface area (Å²) in [5, 5.41) is 0. The van der Waals surface area contributed by atoms with Crippen molar-refractivity contribution in [2.45, 2.75) is 44.1 Å². The lowest BCUT2D eigenvalue weighted by molar-refractivity contribution is -0.217. The molecule has 0 saturated carbocycles. The predicted molar refractivity (Wildman–Crippen MR) is 154 cm³/mol. The zero-order valence-corrected chi connectivity index (χ0v) is 24.4. The van der Waals surface area contributed by atoms with Crippen LogP contribution in [0.4, 0.5) is 30.7 Å². The number of likely N-dealkylation sites (tertiary alicyclic amines) is 1. The van der Waals surface area contributed by atoms with E-state index in [1.54, 1.807) is 12.1 Å². The molecule has 3 aromatic carbocycles. The molecule has 5 atom stereocenters. The normalized spacial score (nSPS) is 22.8. The molecular weight excluding hydrogens is 601 g/mol. The lowest BCUT2D eigenvalue weighted by Gasteiger charge is -2.40. The Balaban J connectivity index is 0.000000729. The number of nitrogens with zero attached hydrogens (tertiary/aromatic N) is 1. The van der Waals surface area contributed by atoms with Gasteiger partial charge in [-0.15, -0.1) is 0 Å². The van der Waals surface area contributed by atoms with Crippen LogP contribution in [0.15, 0.2) is 97.3 Å². The number of benzene rings is 3. The maximum atomic E-state index is 13.8. The van der Waals surface area contributed by atoms with Crippen molar-refractivity contribution in [1.82, 2.24) is 9.88 Å². The number of aromatic nitrogens is 1. The maximum absolute atomic E-state index is 13.8. The summed E-state index contributed by atoms with van der Waals surface area (Å²) in [6.07, 6.45) is -8.28. The van der Waals surface area contributed by atoms with Crippen LogP contribution in [0.3, 0.4) is 0 Å². The van der Waals surface area contributed by atoms with Gasteiger partial charge in [-0.25, -0.2) is 4.39 Å². The first-order chi connectivity index (χ1) is 21.4. The Morgan fingerprint density at radius 1 is 0.844 bits per heavy atom. The average molecular weight is 635 g/mol. The van der Waals surface area contributed by atoms with Gasteiger partial charge in [0.1, 0.15) is 5.82 Å². The Kier molecular flexibility index (Phi) is 10.0. The lowest BCUT2D eigenvalue weighted by Crippen LogP contribution is -2.42. The Bertz CT molecular complexity index is 1440. The van der Waals surface area contributed by atoms with Crippen LogP contribution in [0.5, 0.6) is 0 Å². The number of nitrogens with one attached hydrogen (secondary N) is 1. The molecule has 0 radical (unpaired) electrons. The standard InChI is InChI=1S/C30H28F7NO2.C4H5N/c1-18(21-11-23(29(32,33)34)13-24(12-21)30(35,36)37)40-28-27(20-7-9-25(31)10-8-20)26-16-38(15-22(26)17-39-28)14-19-5-3-2-4-6-19;1-2-4-5-3-1/h2-13,18,22,26-28H,14-17H2,1H3;1-5H/t18-,22+,26-,27+,28-;/m1./s1. The van der Waals surface area contributed by atoms with Crippen LogP contribution >= 0.6 is 0 Å². The lowest BCUT2D eigenvalue weighted by atomic mass is 9.77. The molecule has 11 heteroatoms. The van der Waals surface area contributed by atoms with E-state index in [9.17, 15) is 30.7 Å². The Morgan fingerprint density at radius 3 is 2.02 bits per heavy atom. The maximum Gasteiger partial charge on any atom is 0.416 e. The molecule has 2 aliphatic rings. The third-order valence-corrected chi connectivity index (χ3v) is 8.21.